The summed E-state index contributed by atoms with van der Waals surface area (Å²) in [5, 5.41) is 5.08. The summed E-state index contributed by atoms with van der Waals surface area (Å²) in [6.07, 6.45) is 6.03. The highest BCUT2D eigenvalue weighted by molar-refractivity contribution is 8.00. The first-order chi connectivity index (χ1) is 12.2. The molecule has 4 nitrogen and oxygen atoms in total. The van der Waals surface area contributed by atoms with Crippen molar-refractivity contribution in [3.63, 3.8) is 0 Å². The lowest BCUT2D eigenvalue weighted by molar-refractivity contribution is -0.113. The van der Waals surface area contributed by atoms with E-state index in [1.807, 2.05) is 18.2 Å². The third-order valence-corrected chi connectivity index (χ3v) is 6.61. The maximum absolute atomic E-state index is 12.3. The lowest BCUT2D eigenvalue weighted by atomic mass is 10.1. The second-order valence-corrected chi connectivity index (χ2v) is 8.15. The van der Waals surface area contributed by atoms with Crippen molar-refractivity contribution < 1.29 is 4.79 Å². The van der Waals surface area contributed by atoms with Gasteiger partial charge < -0.3 is 5.32 Å². The predicted molar refractivity (Wildman–Crippen MR) is 105 cm³/mol. The molecule has 0 bridgehead atoms. The van der Waals surface area contributed by atoms with Gasteiger partial charge in [0.1, 0.15) is 16.2 Å². The summed E-state index contributed by atoms with van der Waals surface area (Å²) in [7, 11) is 0. The van der Waals surface area contributed by atoms with Crippen molar-refractivity contribution in [2.75, 3.05) is 11.1 Å². The van der Waals surface area contributed by atoms with Crippen molar-refractivity contribution in [3.05, 3.63) is 46.6 Å². The lowest BCUT2D eigenvalue weighted by Crippen LogP contribution is -2.14. The number of aryl methyl sites for hydroxylation is 3. The Morgan fingerprint density at radius 3 is 3.12 bits per heavy atom. The second kappa shape index (κ2) is 7.14. The first-order valence-electron chi connectivity index (χ1n) is 8.51. The molecule has 0 unspecified atom stereocenters. The fourth-order valence-electron chi connectivity index (χ4n) is 3.21. The summed E-state index contributed by atoms with van der Waals surface area (Å²) in [5.41, 5.74) is 3.48. The Balaban J connectivity index is 1.48. The van der Waals surface area contributed by atoms with Gasteiger partial charge in [-0.3, -0.25) is 4.79 Å². The van der Waals surface area contributed by atoms with Crippen LogP contribution in [0.3, 0.4) is 0 Å². The average Bonchev–Trinajstić information content (AvgIpc) is 3.21. The summed E-state index contributed by atoms with van der Waals surface area (Å²) >= 11 is 3.28. The summed E-state index contributed by atoms with van der Waals surface area (Å²) in [6.45, 7) is 2.11. The Morgan fingerprint density at radius 1 is 1.32 bits per heavy atom. The number of fused-ring (bicyclic) bond motifs is 3. The van der Waals surface area contributed by atoms with Gasteiger partial charge in [-0.05, 0) is 48.9 Å². The highest BCUT2D eigenvalue weighted by Crippen LogP contribution is 2.39. The van der Waals surface area contributed by atoms with E-state index >= 15 is 0 Å². The molecule has 3 aromatic rings. The first-order valence-corrected chi connectivity index (χ1v) is 10.3. The van der Waals surface area contributed by atoms with Crippen molar-refractivity contribution in [1.82, 2.24) is 9.97 Å². The van der Waals surface area contributed by atoms with E-state index in [-0.39, 0.29) is 5.91 Å². The first kappa shape index (κ1) is 16.5. The zero-order valence-corrected chi connectivity index (χ0v) is 15.7. The van der Waals surface area contributed by atoms with Crippen LogP contribution in [0, 0.1) is 0 Å². The van der Waals surface area contributed by atoms with Gasteiger partial charge in [0, 0.05) is 16.0 Å². The van der Waals surface area contributed by atoms with Gasteiger partial charge in [-0.25, -0.2) is 9.97 Å². The molecule has 0 saturated carbocycles. The number of nitrogens with one attached hydrogen (secondary N) is 1. The van der Waals surface area contributed by atoms with Gasteiger partial charge in [0.15, 0.2) is 0 Å². The topological polar surface area (TPSA) is 54.9 Å². The number of anilines is 1. The Bertz CT molecular complexity index is 936. The fourth-order valence-corrected chi connectivity index (χ4v) is 5.33. The Morgan fingerprint density at radius 2 is 2.24 bits per heavy atom. The number of aromatic nitrogens is 2. The number of thiophene rings is 1. The van der Waals surface area contributed by atoms with Gasteiger partial charge in [-0.15, -0.1) is 11.3 Å². The number of carbonyl (C=O) groups is 1. The number of carbonyl (C=O) groups excluding carboxylic acids is 1. The number of amides is 1. The number of benzene rings is 1. The molecule has 0 radical (unpaired) electrons. The smallest absolute Gasteiger partial charge is 0.234 e. The zero-order valence-electron chi connectivity index (χ0n) is 14.0. The maximum Gasteiger partial charge on any atom is 0.234 e. The van der Waals surface area contributed by atoms with E-state index in [0.717, 1.165) is 34.8 Å². The molecule has 1 aliphatic rings. The van der Waals surface area contributed by atoms with Crippen LogP contribution >= 0.6 is 23.1 Å². The largest absolute Gasteiger partial charge is 0.325 e. The van der Waals surface area contributed by atoms with E-state index in [0.29, 0.717) is 5.75 Å². The minimum absolute atomic E-state index is 0.00288. The highest BCUT2D eigenvalue weighted by Gasteiger charge is 2.21. The van der Waals surface area contributed by atoms with Crippen LogP contribution in [0.25, 0.3) is 10.2 Å². The van der Waals surface area contributed by atoms with Crippen molar-refractivity contribution in [3.8, 4) is 0 Å². The monoisotopic (exact) mass is 369 g/mol. The maximum atomic E-state index is 12.3. The third kappa shape index (κ3) is 3.41. The van der Waals surface area contributed by atoms with Gasteiger partial charge in [0.2, 0.25) is 5.91 Å². The molecule has 1 N–H and O–H groups in total. The van der Waals surface area contributed by atoms with E-state index in [2.05, 4.69) is 28.3 Å². The molecule has 0 atom stereocenters. The summed E-state index contributed by atoms with van der Waals surface area (Å²) in [4.78, 5) is 23.7. The van der Waals surface area contributed by atoms with Crippen molar-refractivity contribution in [1.29, 1.82) is 0 Å². The minimum Gasteiger partial charge on any atom is -0.325 e. The van der Waals surface area contributed by atoms with E-state index < -0.39 is 0 Å². The molecule has 0 saturated heterocycles. The SMILES string of the molecule is CCc1cccc(NC(=O)CSc2ncnc3sc4c(c23)CCC4)c1. The normalized spacial score (nSPS) is 13.2. The van der Waals surface area contributed by atoms with E-state index in [9.17, 15) is 4.79 Å². The number of hydrogen-bond donors (Lipinski definition) is 1. The molecule has 1 aromatic carbocycles. The minimum atomic E-state index is -0.00288. The zero-order chi connectivity index (χ0) is 17.2. The standard InChI is InChI=1S/C19H19N3OS2/c1-2-12-5-3-6-13(9-12)22-16(23)10-24-18-17-14-7-4-8-15(14)25-19(17)21-11-20-18/h3,5-6,9,11H,2,4,7-8,10H2,1H3,(H,22,23). The van der Waals surface area contributed by atoms with Crippen LogP contribution in [0.4, 0.5) is 5.69 Å². The highest BCUT2D eigenvalue weighted by atomic mass is 32.2. The van der Waals surface area contributed by atoms with Crippen LogP contribution in [0.1, 0.15) is 29.3 Å². The molecule has 4 rings (SSSR count). The molecule has 2 heterocycles. The van der Waals surface area contributed by atoms with Gasteiger partial charge in [-0.2, -0.15) is 0 Å². The molecule has 128 valence electrons. The van der Waals surface area contributed by atoms with E-state index in [1.54, 1.807) is 17.7 Å². The average molecular weight is 370 g/mol. The summed E-state index contributed by atoms with van der Waals surface area (Å²) in [6, 6.07) is 8.00. The second-order valence-electron chi connectivity index (χ2n) is 6.11. The van der Waals surface area contributed by atoms with Crippen LogP contribution in [-0.2, 0) is 24.1 Å². The van der Waals surface area contributed by atoms with Crippen molar-refractivity contribution in [2.24, 2.45) is 0 Å². The summed E-state index contributed by atoms with van der Waals surface area (Å²) in [5.74, 6) is 0.351. The quantitative estimate of drug-likeness (QED) is 0.532. The Labute approximate surface area is 155 Å². The molecular weight excluding hydrogens is 350 g/mol. The van der Waals surface area contributed by atoms with Crippen LogP contribution in [-0.4, -0.2) is 21.6 Å². The number of rotatable bonds is 5. The lowest BCUT2D eigenvalue weighted by Gasteiger charge is -2.07. The molecule has 0 fully saturated rings. The van der Waals surface area contributed by atoms with Gasteiger partial charge >= 0.3 is 0 Å². The Hall–Kier alpha value is -1.92. The van der Waals surface area contributed by atoms with E-state index in [4.69, 9.17) is 0 Å². The van der Waals surface area contributed by atoms with Gasteiger partial charge in [0.05, 0.1) is 5.75 Å². The molecule has 25 heavy (non-hydrogen) atoms. The van der Waals surface area contributed by atoms with Crippen LogP contribution < -0.4 is 5.32 Å². The molecular formula is C19H19N3OS2. The third-order valence-electron chi connectivity index (χ3n) is 4.43. The van der Waals surface area contributed by atoms with Gasteiger partial charge in [-0.1, -0.05) is 30.8 Å². The van der Waals surface area contributed by atoms with Gasteiger partial charge in [0.25, 0.3) is 0 Å². The molecule has 6 heteroatoms. The van der Waals surface area contributed by atoms with Crippen LogP contribution in [0.5, 0.6) is 0 Å². The predicted octanol–water partition coefficient (Wildman–Crippen LogP) is 4.47. The van der Waals surface area contributed by atoms with Crippen LogP contribution in [0.15, 0.2) is 35.6 Å². The Kier molecular flexibility index (Phi) is 4.72. The molecule has 0 aliphatic heterocycles. The van der Waals surface area contributed by atoms with E-state index in [1.165, 1.54) is 39.6 Å². The number of hydrogen-bond acceptors (Lipinski definition) is 5. The van der Waals surface area contributed by atoms with Crippen LogP contribution in [0.2, 0.25) is 0 Å². The fraction of sp³-hybridized carbons (Fsp3) is 0.316. The summed E-state index contributed by atoms with van der Waals surface area (Å²) < 4.78 is 0. The number of nitrogens with zero attached hydrogens (tertiary/aromatic N) is 2. The molecule has 0 spiro atoms. The molecule has 2 aromatic heterocycles. The number of thioether (sulfide) groups is 1. The molecule has 1 aliphatic carbocycles. The molecule has 1 amide bonds. The van der Waals surface area contributed by atoms with Crippen molar-refractivity contribution >= 4 is 44.9 Å². The van der Waals surface area contributed by atoms with Crippen molar-refractivity contribution in [2.45, 2.75) is 37.6 Å².